The van der Waals surface area contributed by atoms with E-state index in [0.717, 1.165) is 24.8 Å². The molecule has 1 aliphatic carbocycles. The Balaban J connectivity index is 1.56. The van der Waals surface area contributed by atoms with E-state index in [-0.39, 0.29) is 35.6 Å². The summed E-state index contributed by atoms with van der Waals surface area (Å²) in [5.41, 5.74) is 1.06. The summed E-state index contributed by atoms with van der Waals surface area (Å²) >= 11 is 0. The lowest BCUT2D eigenvalue weighted by Gasteiger charge is -2.43. The second-order valence-electron chi connectivity index (χ2n) is 6.90. The molecule has 0 radical (unpaired) electrons. The van der Waals surface area contributed by atoms with Gasteiger partial charge in [0.1, 0.15) is 5.82 Å². The van der Waals surface area contributed by atoms with E-state index in [1.807, 2.05) is 30.3 Å². The van der Waals surface area contributed by atoms with Gasteiger partial charge in [-0.1, -0.05) is 30.3 Å². The van der Waals surface area contributed by atoms with Crippen LogP contribution in [0.4, 0.5) is 0 Å². The molecular formula is C20H23N3O4. The monoisotopic (exact) mass is 369 g/mol. The fourth-order valence-electron chi connectivity index (χ4n) is 3.38. The van der Waals surface area contributed by atoms with Gasteiger partial charge in [0.2, 0.25) is 0 Å². The third-order valence-electron chi connectivity index (χ3n) is 4.94. The number of benzene rings is 1. The molecule has 1 saturated carbocycles. The normalized spacial score (nSPS) is 14.9. The van der Waals surface area contributed by atoms with Crippen molar-refractivity contribution >= 4 is 11.9 Å². The zero-order valence-corrected chi connectivity index (χ0v) is 15.5. The van der Waals surface area contributed by atoms with Crippen LogP contribution < -0.4 is 10.9 Å². The van der Waals surface area contributed by atoms with E-state index in [4.69, 9.17) is 4.74 Å². The Bertz CT molecular complexity index is 901. The highest BCUT2D eigenvalue weighted by Gasteiger charge is 2.39. The number of esters is 1. The molecule has 1 aromatic heterocycles. The van der Waals surface area contributed by atoms with E-state index in [1.54, 1.807) is 13.8 Å². The van der Waals surface area contributed by atoms with Crippen molar-refractivity contribution in [3.63, 3.8) is 0 Å². The van der Waals surface area contributed by atoms with Crippen molar-refractivity contribution in [1.29, 1.82) is 0 Å². The molecule has 1 heterocycles. The van der Waals surface area contributed by atoms with E-state index >= 15 is 0 Å². The second kappa shape index (κ2) is 7.73. The lowest BCUT2D eigenvalue weighted by molar-refractivity contribution is -0.148. The van der Waals surface area contributed by atoms with Gasteiger partial charge in [0, 0.05) is 11.3 Å². The predicted molar refractivity (Wildman–Crippen MR) is 99.1 cm³/mol. The van der Waals surface area contributed by atoms with E-state index in [9.17, 15) is 14.4 Å². The van der Waals surface area contributed by atoms with E-state index in [0.29, 0.717) is 11.5 Å². The standard InChI is InChI=1S/C20H23N3O4/c1-13-16(19(26)22-14(2)21-13)11-18(25)27-12-17(24)23-20(9-6-10-20)15-7-4-3-5-8-15/h3-5,7-8H,6,9-12H2,1-2H3,(H,23,24)(H,21,22,26). The number of hydrogen-bond donors (Lipinski definition) is 2. The first-order valence-electron chi connectivity index (χ1n) is 8.98. The van der Waals surface area contributed by atoms with Crippen LogP contribution in [0, 0.1) is 13.8 Å². The molecule has 0 spiro atoms. The van der Waals surface area contributed by atoms with Gasteiger partial charge in [0.15, 0.2) is 6.61 Å². The predicted octanol–water partition coefficient (Wildman–Crippen LogP) is 1.67. The maximum atomic E-state index is 12.3. The van der Waals surface area contributed by atoms with Crippen LogP contribution in [0.3, 0.4) is 0 Å². The molecule has 2 aromatic rings. The van der Waals surface area contributed by atoms with Crippen LogP contribution in [0.25, 0.3) is 0 Å². The second-order valence-corrected chi connectivity index (χ2v) is 6.90. The Labute approximate surface area is 157 Å². The van der Waals surface area contributed by atoms with Gasteiger partial charge in [0.05, 0.1) is 12.0 Å². The fourth-order valence-corrected chi connectivity index (χ4v) is 3.38. The quantitative estimate of drug-likeness (QED) is 0.754. The lowest BCUT2D eigenvalue weighted by Crippen LogP contribution is -2.51. The van der Waals surface area contributed by atoms with Gasteiger partial charge in [-0.2, -0.15) is 0 Å². The number of aromatic amines is 1. The average molecular weight is 369 g/mol. The van der Waals surface area contributed by atoms with Crippen molar-refractivity contribution in [1.82, 2.24) is 15.3 Å². The number of hydrogen-bond acceptors (Lipinski definition) is 5. The minimum atomic E-state index is -0.633. The first-order chi connectivity index (χ1) is 12.9. The summed E-state index contributed by atoms with van der Waals surface area (Å²) in [6.07, 6.45) is 2.55. The van der Waals surface area contributed by atoms with Crippen LogP contribution in [-0.2, 0) is 26.3 Å². The highest BCUT2D eigenvalue weighted by Crippen LogP contribution is 2.41. The van der Waals surface area contributed by atoms with Gasteiger partial charge >= 0.3 is 5.97 Å². The molecule has 2 N–H and O–H groups in total. The minimum Gasteiger partial charge on any atom is -0.455 e. The van der Waals surface area contributed by atoms with Crippen LogP contribution in [0.1, 0.15) is 41.9 Å². The summed E-state index contributed by atoms with van der Waals surface area (Å²) in [6.45, 7) is 2.96. The van der Waals surface area contributed by atoms with Crippen molar-refractivity contribution in [2.24, 2.45) is 0 Å². The first-order valence-corrected chi connectivity index (χ1v) is 8.98. The Morgan fingerprint density at radius 1 is 1.22 bits per heavy atom. The molecule has 1 aliphatic rings. The fraction of sp³-hybridized carbons (Fsp3) is 0.400. The zero-order valence-electron chi connectivity index (χ0n) is 15.5. The SMILES string of the molecule is Cc1nc(C)c(CC(=O)OCC(=O)NC2(c3ccccc3)CCC2)c(=O)[nH]1. The molecule has 7 heteroatoms. The Hall–Kier alpha value is -2.96. The van der Waals surface area contributed by atoms with E-state index in [2.05, 4.69) is 15.3 Å². The Morgan fingerprint density at radius 2 is 1.93 bits per heavy atom. The number of carbonyl (C=O) groups is 2. The van der Waals surface area contributed by atoms with E-state index in [1.165, 1.54) is 0 Å². The molecule has 0 atom stereocenters. The van der Waals surface area contributed by atoms with Crippen LogP contribution in [-0.4, -0.2) is 28.5 Å². The van der Waals surface area contributed by atoms with Gasteiger partial charge in [-0.3, -0.25) is 14.4 Å². The van der Waals surface area contributed by atoms with Crippen molar-refractivity contribution in [2.75, 3.05) is 6.61 Å². The van der Waals surface area contributed by atoms with Crippen LogP contribution in [0.2, 0.25) is 0 Å². The largest absolute Gasteiger partial charge is 0.455 e. The third kappa shape index (κ3) is 4.24. The number of ether oxygens (including phenoxy) is 1. The number of H-pyrrole nitrogens is 1. The molecule has 142 valence electrons. The number of rotatable bonds is 6. The van der Waals surface area contributed by atoms with Gasteiger partial charge in [0.25, 0.3) is 11.5 Å². The lowest BCUT2D eigenvalue weighted by atomic mass is 9.72. The molecule has 3 rings (SSSR count). The molecule has 1 amide bonds. The summed E-state index contributed by atoms with van der Waals surface area (Å²) in [5.74, 6) is -0.493. The van der Waals surface area contributed by atoms with E-state index < -0.39 is 5.97 Å². The minimum absolute atomic E-state index is 0.217. The summed E-state index contributed by atoms with van der Waals surface area (Å²) in [6, 6.07) is 9.80. The Morgan fingerprint density at radius 3 is 2.52 bits per heavy atom. The highest BCUT2D eigenvalue weighted by molar-refractivity contribution is 5.82. The summed E-state index contributed by atoms with van der Waals surface area (Å²) in [7, 11) is 0. The molecule has 27 heavy (non-hydrogen) atoms. The number of aryl methyl sites for hydroxylation is 2. The van der Waals surface area contributed by atoms with Crippen LogP contribution in [0.5, 0.6) is 0 Å². The number of aromatic nitrogens is 2. The van der Waals surface area contributed by atoms with Crippen molar-refractivity contribution in [2.45, 2.75) is 45.1 Å². The summed E-state index contributed by atoms with van der Waals surface area (Å²) in [4.78, 5) is 43.0. The van der Waals surface area contributed by atoms with Crippen molar-refractivity contribution < 1.29 is 14.3 Å². The maximum absolute atomic E-state index is 12.3. The summed E-state index contributed by atoms with van der Waals surface area (Å²) in [5, 5.41) is 3.00. The zero-order chi connectivity index (χ0) is 19.4. The molecule has 0 unspecified atom stereocenters. The molecule has 0 aliphatic heterocycles. The van der Waals surface area contributed by atoms with Crippen molar-refractivity contribution in [3.8, 4) is 0 Å². The topological polar surface area (TPSA) is 101 Å². The van der Waals surface area contributed by atoms with Gasteiger partial charge < -0.3 is 15.0 Å². The number of nitrogens with zero attached hydrogens (tertiary/aromatic N) is 1. The Kier molecular flexibility index (Phi) is 5.39. The molecule has 0 saturated heterocycles. The molecular weight excluding hydrogens is 346 g/mol. The molecule has 7 nitrogen and oxygen atoms in total. The van der Waals surface area contributed by atoms with Crippen molar-refractivity contribution in [3.05, 3.63) is 63.3 Å². The first kappa shape index (κ1) is 18.8. The summed E-state index contributed by atoms with van der Waals surface area (Å²) < 4.78 is 5.07. The number of nitrogens with one attached hydrogen (secondary N) is 2. The molecule has 1 fully saturated rings. The molecule has 0 bridgehead atoms. The highest BCUT2D eigenvalue weighted by atomic mass is 16.5. The van der Waals surface area contributed by atoms with Gasteiger partial charge in [-0.25, -0.2) is 4.98 Å². The number of amides is 1. The van der Waals surface area contributed by atoms with Crippen LogP contribution >= 0.6 is 0 Å². The average Bonchev–Trinajstić information content (AvgIpc) is 2.60. The van der Waals surface area contributed by atoms with Gasteiger partial charge in [-0.05, 0) is 38.7 Å². The molecule has 1 aromatic carbocycles. The maximum Gasteiger partial charge on any atom is 0.311 e. The number of carbonyl (C=O) groups excluding carboxylic acids is 2. The smallest absolute Gasteiger partial charge is 0.311 e. The van der Waals surface area contributed by atoms with Crippen LogP contribution in [0.15, 0.2) is 35.1 Å². The third-order valence-corrected chi connectivity index (χ3v) is 4.94. The van der Waals surface area contributed by atoms with Gasteiger partial charge in [-0.15, -0.1) is 0 Å².